The van der Waals surface area contributed by atoms with Crippen molar-refractivity contribution in [3.63, 3.8) is 0 Å². The summed E-state index contributed by atoms with van der Waals surface area (Å²) in [6.07, 6.45) is 5.31. The lowest BCUT2D eigenvalue weighted by Gasteiger charge is -2.32. The highest BCUT2D eigenvalue weighted by molar-refractivity contribution is 5.43. The van der Waals surface area contributed by atoms with Crippen LogP contribution in [0.25, 0.3) is 0 Å². The second-order valence-corrected chi connectivity index (χ2v) is 6.72. The van der Waals surface area contributed by atoms with Crippen molar-refractivity contribution in [2.45, 2.75) is 52.2 Å². The van der Waals surface area contributed by atoms with E-state index in [0.717, 1.165) is 31.6 Å². The first kappa shape index (κ1) is 17.3. The molecule has 0 aliphatic carbocycles. The first-order valence-corrected chi connectivity index (χ1v) is 8.18. The van der Waals surface area contributed by atoms with E-state index in [0.29, 0.717) is 11.5 Å². The fraction of sp³-hybridized carbons (Fsp3) is 0.688. The molecule has 7 nitrogen and oxygen atoms in total. The molecule has 1 fully saturated rings. The summed E-state index contributed by atoms with van der Waals surface area (Å²) >= 11 is 0. The minimum absolute atomic E-state index is 0.0157. The number of pyridine rings is 1. The van der Waals surface area contributed by atoms with Crippen molar-refractivity contribution in [2.24, 2.45) is 5.28 Å². The molecule has 2 heterocycles. The first-order chi connectivity index (χ1) is 10.9. The van der Waals surface area contributed by atoms with Crippen molar-refractivity contribution in [1.29, 1.82) is 0 Å². The Morgan fingerprint density at radius 1 is 1.43 bits per heavy atom. The van der Waals surface area contributed by atoms with Crippen molar-refractivity contribution in [3.8, 4) is 0 Å². The molecule has 0 saturated carbocycles. The van der Waals surface area contributed by atoms with E-state index < -0.39 is 0 Å². The number of nitrogens with zero attached hydrogens (tertiary/aromatic N) is 5. The molecule has 1 aliphatic heterocycles. The van der Waals surface area contributed by atoms with Crippen LogP contribution in [0, 0.1) is 5.21 Å². The molecule has 0 amide bonds. The lowest BCUT2D eigenvalue weighted by Crippen LogP contribution is -2.45. The number of rotatable bonds is 5. The number of hydrazine groups is 1. The zero-order valence-corrected chi connectivity index (χ0v) is 14.5. The molecule has 7 heteroatoms. The Morgan fingerprint density at radius 2 is 2.13 bits per heavy atom. The van der Waals surface area contributed by atoms with Crippen LogP contribution in [-0.4, -0.2) is 46.2 Å². The Bertz CT molecular complexity index is 507. The molecule has 0 unspecified atom stereocenters. The van der Waals surface area contributed by atoms with Gasteiger partial charge in [0.2, 0.25) is 5.28 Å². The smallest absolute Gasteiger partial charge is 0.233 e. The zero-order valence-electron chi connectivity index (χ0n) is 14.5. The van der Waals surface area contributed by atoms with E-state index in [-0.39, 0.29) is 11.6 Å². The van der Waals surface area contributed by atoms with E-state index in [1.54, 1.807) is 11.2 Å². The van der Waals surface area contributed by atoms with Crippen LogP contribution < -0.4 is 4.90 Å². The molecule has 1 aliphatic rings. The van der Waals surface area contributed by atoms with Gasteiger partial charge in [0.05, 0.1) is 28.9 Å². The molecule has 0 spiro atoms. The fourth-order valence-corrected chi connectivity index (χ4v) is 2.76. The summed E-state index contributed by atoms with van der Waals surface area (Å²) in [4.78, 5) is 12.5. The summed E-state index contributed by atoms with van der Waals surface area (Å²) in [6, 6.07) is 3.99. The van der Waals surface area contributed by atoms with Crippen LogP contribution in [0.3, 0.4) is 0 Å². The molecule has 1 aromatic rings. The molecule has 1 saturated heterocycles. The van der Waals surface area contributed by atoms with Crippen LogP contribution in [-0.2, 0) is 4.84 Å². The van der Waals surface area contributed by atoms with E-state index >= 15 is 0 Å². The molecule has 0 bridgehead atoms. The first-order valence-electron chi connectivity index (χ1n) is 8.18. The van der Waals surface area contributed by atoms with Gasteiger partial charge in [-0.2, -0.15) is 0 Å². The fourth-order valence-electron chi connectivity index (χ4n) is 2.76. The normalized spacial score (nSPS) is 17.2. The number of piperidine rings is 1. The molecule has 2 rings (SSSR count). The third-order valence-corrected chi connectivity index (χ3v) is 4.00. The number of hydrogen-bond acceptors (Lipinski definition) is 5. The summed E-state index contributed by atoms with van der Waals surface area (Å²) in [5, 5.41) is 17.5. The van der Waals surface area contributed by atoms with E-state index in [4.69, 9.17) is 4.84 Å². The molecule has 1 aromatic heterocycles. The zero-order chi connectivity index (χ0) is 16.9. The predicted octanol–water partition coefficient (Wildman–Crippen LogP) is 2.98. The molecule has 0 N–H and O–H groups in total. The van der Waals surface area contributed by atoms with Gasteiger partial charge in [0, 0.05) is 32.1 Å². The van der Waals surface area contributed by atoms with E-state index in [1.165, 1.54) is 0 Å². The second kappa shape index (κ2) is 7.48. The minimum atomic E-state index is -0.285. The van der Waals surface area contributed by atoms with Crippen molar-refractivity contribution < 1.29 is 9.81 Å². The highest BCUT2D eigenvalue weighted by Gasteiger charge is 2.28. The van der Waals surface area contributed by atoms with Crippen molar-refractivity contribution >= 4 is 5.69 Å². The van der Waals surface area contributed by atoms with Gasteiger partial charge in [-0.1, -0.05) is 0 Å². The number of hydrogen-bond donors (Lipinski definition) is 0. The van der Waals surface area contributed by atoms with Crippen LogP contribution in [0.15, 0.2) is 29.8 Å². The number of anilines is 1. The average Bonchev–Trinajstić information content (AvgIpc) is 2.53. The van der Waals surface area contributed by atoms with Gasteiger partial charge in [0.25, 0.3) is 0 Å². The SMILES string of the molecule is CCN(/[N+]([O-])=N/OC1CCN(c2cccnc2)CC1)C(C)(C)C. The van der Waals surface area contributed by atoms with Crippen LogP contribution in [0.4, 0.5) is 5.69 Å². The van der Waals surface area contributed by atoms with Crippen LogP contribution in [0.1, 0.15) is 40.5 Å². The van der Waals surface area contributed by atoms with Gasteiger partial charge >= 0.3 is 0 Å². The summed E-state index contributed by atoms with van der Waals surface area (Å²) < 4.78 is 0. The number of aromatic nitrogens is 1. The van der Waals surface area contributed by atoms with Crippen molar-refractivity contribution in [2.75, 3.05) is 24.5 Å². The maximum absolute atomic E-state index is 12.1. The maximum atomic E-state index is 12.1. The van der Waals surface area contributed by atoms with E-state index in [9.17, 15) is 5.21 Å². The van der Waals surface area contributed by atoms with Crippen LogP contribution in [0.5, 0.6) is 0 Å². The van der Waals surface area contributed by atoms with Gasteiger partial charge in [0.15, 0.2) is 0 Å². The molecular formula is C16H27N5O2. The van der Waals surface area contributed by atoms with Crippen molar-refractivity contribution in [1.82, 2.24) is 9.99 Å². The van der Waals surface area contributed by atoms with Gasteiger partial charge in [-0.15, -0.1) is 5.01 Å². The molecule has 0 atom stereocenters. The van der Waals surface area contributed by atoms with E-state index in [2.05, 4.69) is 21.2 Å². The molecular weight excluding hydrogens is 294 g/mol. The van der Waals surface area contributed by atoms with Gasteiger partial charge in [-0.3, -0.25) is 4.98 Å². The average molecular weight is 321 g/mol. The Morgan fingerprint density at radius 3 is 2.65 bits per heavy atom. The van der Waals surface area contributed by atoms with Gasteiger partial charge in [0.1, 0.15) is 6.10 Å². The monoisotopic (exact) mass is 321 g/mol. The third-order valence-electron chi connectivity index (χ3n) is 4.00. The molecule has 128 valence electrons. The Labute approximate surface area is 138 Å². The predicted molar refractivity (Wildman–Crippen MR) is 88.7 cm³/mol. The third kappa shape index (κ3) is 4.71. The quantitative estimate of drug-likeness (QED) is 0.474. The van der Waals surface area contributed by atoms with Crippen molar-refractivity contribution in [3.05, 3.63) is 29.7 Å². The highest BCUT2D eigenvalue weighted by Crippen LogP contribution is 2.21. The lowest BCUT2D eigenvalue weighted by molar-refractivity contribution is -0.725. The second-order valence-electron chi connectivity index (χ2n) is 6.72. The van der Waals surface area contributed by atoms with E-state index in [1.807, 2.05) is 40.0 Å². The Hall–Kier alpha value is -2.05. The summed E-state index contributed by atoms with van der Waals surface area (Å²) in [6.45, 7) is 10.2. The minimum Gasteiger partial charge on any atom is -0.569 e. The largest absolute Gasteiger partial charge is 0.569 e. The maximum Gasteiger partial charge on any atom is 0.233 e. The Kier molecular flexibility index (Phi) is 5.63. The lowest BCUT2D eigenvalue weighted by atomic mass is 10.1. The molecule has 0 aromatic carbocycles. The molecule has 0 radical (unpaired) electrons. The van der Waals surface area contributed by atoms with Gasteiger partial charge < -0.3 is 14.9 Å². The Balaban J connectivity index is 1.85. The summed E-state index contributed by atoms with van der Waals surface area (Å²) in [5.74, 6) is 0. The van der Waals surface area contributed by atoms with Crippen LogP contribution in [0.2, 0.25) is 0 Å². The summed E-state index contributed by atoms with van der Waals surface area (Å²) in [5.41, 5.74) is 0.839. The van der Waals surface area contributed by atoms with Gasteiger partial charge in [-0.05, 0) is 39.8 Å². The van der Waals surface area contributed by atoms with Gasteiger partial charge in [-0.25, -0.2) is 0 Å². The highest BCUT2D eigenvalue weighted by atomic mass is 16.7. The topological polar surface area (TPSA) is 67.0 Å². The molecule has 23 heavy (non-hydrogen) atoms. The standard InChI is InChI=1S/C16H27N5O2/c1-5-20(16(2,3)4)21(22)18-23-15-8-11-19(12-9-15)14-7-6-10-17-13-14/h6-7,10,13,15H,5,8-9,11-12H2,1-4H3/b21-18-. The van der Waals surface area contributed by atoms with Crippen LogP contribution >= 0.6 is 0 Å². The summed E-state index contributed by atoms with van der Waals surface area (Å²) in [7, 11) is 0.